The molecule has 8 nitrogen and oxygen atoms in total. The molecule has 2 aromatic carbocycles. The Kier molecular flexibility index (Phi) is 4.21. The van der Waals surface area contributed by atoms with Crippen LogP contribution in [0.1, 0.15) is 13.8 Å². The molecular weight excluding hydrogens is 346 g/mol. The minimum Gasteiger partial charge on any atom is -0.496 e. The molecule has 0 aliphatic carbocycles. The summed E-state index contributed by atoms with van der Waals surface area (Å²) in [4.78, 5) is 4.51. The van der Waals surface area contributed by atoms with Crippen LogP contribution in [0.4, 0.5) is 11.4 Å². The zero-order valence-electron chi connectivity index (χ0n) is 15.4. The number of anilines is 2. The summed E-state index contributed by atoms with van der Waals surface area (Å²) in [5, 5.41) is 15.6. The van der Waals surface area contributed by atoms with Crippen molar-refractivity contribution in [1.82, 2.24) is 15.7 Å². The molecule has 4 rings (SSSR count). The minimum atomic E-state index is -0.455. The number of hydrogen-bond acceptors (Lipinski definition) is 8. The molecule has 1 aromatic heterocycles. The van der Waals surface area contributed by atoms with Crippen LogP contribution in [0.3, 0.4) is 0 Å². The Hall–Kier alpha value is -3.10. The number of para-hydroxylation sites is 1. The van der Waals surface area contributed by atoms with Crippen molar-refractivity contribution in [3.8, 4) is 28.6 Å². The van der Waals surface area contributed by atoms with Crippen LogP contribution in [0, 0.1) is 0 Å². The summed E-state index contributed by atoms with van der Waals surface area (Å²) in [5.41, 5.74) is 9.11. The van der Waals surface area contributed by atoms with E-state index < -0.39 is 5.54 Å². The number of aromatic nitrogens is 2. The predicted octanol–water partition coefficient (Wildman–Crippen LogP) is 2.83. The normalized spacial score (nSPS) is 13.4. The largest absolute Gasteiger partial charge is 0.496 e. The first-order valence-electron chi connectivity index (χ1n) is 8.58. The lowest BCUT2D eigenvalue weighted by atomic mass is 10.0. The van der Waals surface area contributed by atoms with Crippen molar-refractivity contribution < 1.29 is 14.4 Å². The third-order valence-corrected chi connectivity index (χ3v) is 4.55. The zero-order chi connectivity index (χ0) is 19.0. The van der Waals surface area contributed by atoms with Gasteiger partial charge in [-0.25, -0.2) is 0 Å². The van der Waals surface area contributed by atoms with Crippen LogP contribution in [0.2, 0.25) is 0 Å². The van der Waals surface area contributed by atoms with Gasteiger partial charge in [-0.15, -0.1) is 5.53 Å². The van der Waals surface area contributed by atoms with E-state index in [9.17, 15) is 5.11 Å². The molecule has 0 amide bonds. The predicted molar refractivity (Wildman–Crippen MR) is 102 cm³/mol. The Morgan fingerprint density at radius 3 is 2.81 bits per heavy atom. The Balaban J connectivity index is 1.66. The number of fused-ring (bicyclic) bond motifs is 1. The van der Waals surface area contributed by atoms with Crippen LogP contribution < -0.4 is 20.7 Å². The molecule has 0 saturated carbocycles. The van der Waals surface area contributed by atoms with Gasteiger partial charge in [-0.1, -0.05) is 17.3 Å². The number of rotatable bonds is 5. The highest BCUT2D eigenvalue weighted by molar-refractivity contribution is 5.79. The quantitative estimate of drug-likeness (QED) is 0.634. The smallest absolute Gasteiger partial charge is 0.262 e. The van der Waals surface area contributed by atoms with E-state index in [1.807, 2.05) is 61.3 Å². The Morgan fingerprint density at radius 1 is 1.22 bits per heavy atom. The van der Waals surface area contributed by atoms with Crippen molar-refractivity contribution in [1.29, 1.82) is 0 Å². The molecule has 0 radical (unpaired) electrons. The molecule has 3 aromatic rings. The first kappa shape index (κ1) is 17.3. The SMILES string of the molecule is COc1ccccc1-c1nc(-c2ccc3c(c2)NNN3C(C)(C)CO)no1. The maximum atomic E-state index is 9.61. The number of ether oxygens (including phenoxy) is 1. The van der Waals surface area contributed by atoms with E-state index in [-0.39, 0.29) is 6.61 Å². The van der Waals surface area contributed by atoms with Gasteiger partial charge in [0.15, 0.2) is 0 Å². The molecular formula is C19H21N5O3. The van der Waals surface area contributed by atoms with Crippen molar-refractivity contribution in [2.45, 2.75) is 19.4 Å². The summed E-state index contributed by atoms with van der Waals surface area (Å²) >= 11 is 0. The summed E-state index contributed by atoms with van der Waals surface area (Å²) < 4.78 is 10.8. The summed E-state index contributed by atoms with van der Waals surface area (Å²) in [6, 6.07) is 13.3. The minimum absolute atomic E-state index is 0.00990. The van der Waals surface area contributed by atoms with Crippen LogP contribution in [-0.4, -0.2) is 34.5 Å². The highest BCUT2D eigenvalue weighted by atomic mass is 16.5. The first-order valence-corrected chi connectivity index (χ1v) is 8.58. The maximum Gasteiger partial charge on any atom is 0.262 e. The molecule has 0 spiro atoms. The second-order valence-electron chi connectivity index (χ2n) is 6.90. The lowest BCUT2D eigenvalue weighted by Gasteiger charge is -2.34. The summed E-state index contributed by atoms with van der Waals surface area (Å²) in [6.07, 6.45) is 0. The standard InChI is InChI=1S/C19H21N5O3/c1-19(2,11-25)24-15-9-8-12(10-14(15)21-23-24)17-20-18(27-22-17)13-6-4-5-7-16(13)26-3/h4-10,21,23,25H,11H2,1-3H3. The number of hydrazine groups is 2. The van der Waals surface area contributed by atoms with Crippen LogP contribution >= 0.6 is 0 Å². The monoisotopic (exact) mass is 367 g/mol. The second kappa shape index (κ2) is 6.57. The highest BCUT2D eigenvalue weighted by Gasteiger charge is 2.32. The molecule has 140 valence electrons. The molecule has 0 atom stereocenters. The summed E-state index contributed by atoms with van der Waals surface area (Å²) in [5.74, 6) is 1.56. The van der Waals surface area contributed by atoms with E-state index in [1.165, 1.54) is 0 Å². The fraction of sp³-hybridized carbons (Fsp3) is 0.263. The molecule has 1 aliphatic heterocycles. The summed E-state index contributed by atoms with van der Waals surface area (Å²) in [7, 11) is 1.61. The number of hydrogen-bond donors (Lipinski definition) is 3. The molecule has 27 heavy (non-hydrogen) atoms. The fourth-order valence-electron chi connectivity index (χ4n) is 2.97. The lowest BCUT2D eigenvalue weighted by molar-refractivity contribution is 0.206. The number of aliphatic hydroxyl groups is 1. The number of aliphatic hydroxyl groups excluding tert-OH is 1. The van der Waals surface area contributed by atoms with Gasteiger partial charge in [-0.05, 0) is 44.2 Å². The van der Waals surface area contributed by atoms with E-state index in [4.69, 9.17) is 9.26 Å². The highest BCUT2D eigenvalue weighted by Crippen LogP contribution is 2.37. The van der Waals surface area contributed by atoms with Crippen LogP contribution in [-0.2, 0) is 0 Å². The van der Waals surface area contributed by atoms with E-state index in [0.717, 1.165) is 22.5 Å². The number of nitrogens with one attached hydrogen (secondary N) is 2. The van der Waals surface area contributed by atoms with Gasteiger partial charge in [0.2, 0.25) is 5.82 Å². The van der Waals surface area contributed by atoms with Crippen molar-refractivity contribution in [2.75, 3.05) is 24.2 Å². The van der Waals surface area contributed by atoms with E-state index in [1.54, 1.807) is 7.11 Å². The topological polar surface area (TPSA) is 95.7 Å². The van der Waals surface area contributed by atoms with Gasteiger partial charge < -0.3 is 19.8 Å². The van der Waals surface area contributed by atoms with Gasteiger partial charge in [0, 0.05) is 5.56 Å². The van der Waals surface area contributed by atoms with E-state index in [0.29, 0.717) is 17.5 Å². The summed E-state index contributed by atoms with van der Waals surface area (Å²) in [6.45, 7) is 3.91. The third-order valence-electron chi connectivity index (χ3n) is 4.55. The van der Waals surface area contributed by atoms with Gasteiger partial charge in [-0.3, -0.25) is 5.01 Å². The molecule has 0 fully saturated rings. The first-order chi connectivity index (χ1) is 13.0. The maximum absolute atomic E-state index is 9.61. The van der Waals surface area contributed by atoms with E-state index >= 15 is 0 Å². The zero-order valence-corrected chi connectivity index (χ0v) is 15.4. The molecule has 2 heterocycles. The van der Waals surface area contributed by atoms with Gasteiger partial charge >= 0.3 is 0 Å². The van der Waals surface area contributed by atoms with Gasteiger partial charge in [0.1, 0.15) is 5.75 Å². The number of benzene rings is 2. The number of nitrogens with zero attached hydrogens (tertiary/aromatic N) is 3. The van der Waals surface area contributed by atoms with E-state index in [2.05, 4.69) is 21.1 Å². The molecule has 1 aliphatic rings. The van der Waals surface area contributed by atoms with Crippen molar-refractivity contribution >= 4 is 11.4 Å². The average Bonchev–Trinajstić information content (AvgIpc) is 3.35. The molecule has 0 unspecified atom stereocenters. The fourth-order valence-corrected chi connectivity index (χ4v) is 2.97. The number of methoxy groups -OCH3 is 1. The van der Waals surface area contributed by atoms with Gasteiger partial charge in [0.25, 0.3) is 5.89 Å². The molecule has 3 N–H and O–H groups in total. The van der Waals surface area contributed by atoms with Crippen molar-refractivity contribution in [3.63, 3.8) is 0 Å². The average molecular weight is 367 g/mol. The Labute approximate surface area is 156 Å². The Bertz CT molecular complexity index is 969. The second-order valence-corrected chi connectivity index (χ2v) is 6.90. The van der Waals surface area contributed by atoms with Crippen molar-refractivity contribution in [3.05, 3.63) is 42.5 Å². The molecule has 0 saturated heterocycles. The van der Waals surface area contributed by atoms with Gasteiger partial charge in [-0.2, -0.15) is 4.98 Å². The molecule has 0 bridgehead atoms. The Morgan fingerprint density at radius 2 is 2.04 bits per heavy atom. The molecule has 8 heteroatoms. The third kappa shape index (κ3) is 2.98. The van der Waals surface area contributed by atoms with Gasteiger partial charge in [0.05, 0.1) is 36.2 Å². The van der Waals surface area contributed by atoms with Crippen molar-refractivity contribution in [2.24, 2.45) is 0 Å². The van der Waals surface area contributed by atoms with Crippen LogP contribution in [0.15, 0.2) is 47.0 Å². The van der Waals surface area contributed by atoms with Crippen LogP contribution in [0.5, 0.6) is 5.75 Å². The lowest BCUT2D eigenvalue weighted by Crippen LogP contribution is -2.53. The van der Waals surface area contributed by atoms with Crippen LogP contribution in [0.25, 0.3) is 22.8 Å².